The first kappa shape index (κ1) is 24.4. The topological polar surface area (TPSA) is 83.5 Å². The van der Waals surface area contributed by atoms with E-state index in [-0.39, 0.29) is 30.4 Å². The van der Waals surface area contributed by atoms with Crippen molar-refractivity contribution in [1.29, 1.82) is 0 Å². The van der Waals surface area contributed by atoms with Crippen LogP contribution in [-0.4, -0.2) is 87.9 Å². The highest BCUT2D eigenvalue weighted by Crippen LogP contribution is 2.13. The highest BCUT2D eigenvalue weighted by Gasteiger charge is 2.28. The molecule has 1 N–H and O–H groups in total. The van der Waals surface area contributed by atoms with Crippen molar-refractivity contribution in [3.05, 3.63) is 30.1 Å². The number of hydrogen-bond acceptors (Lipinski definition) is 5. The molecule has 1 atom stereocenters. The monoisotopic (exact) mass is 444 g/mol. The summed E-state index contributed by atoms with van der Waals surface area (Å²) < 4.78 is 50.6. The number of halogens is 1. The van der Waals surface area contributed by atoms with Crippen LogP contribution in [0, 0.1) is 5.82 Å². The molecule has 0 radical (unpaired) electrons. The first-order chi connectivity index (χ1) is 14.2. The van der Waals surface area contributed by atoms with E-state index in [0.29, 0.717) is 44.4 Å². The number of guanidine groups is 1. The molecule has 1 heterocycles. The molecule has 0 aromatic heterocycles. The predicted octanol–water partition coefficient (Wildman–Crippen LogP) is 1.54. The molecule has 1 aliphatic heterocycles. The molecule has 0 spiro atoms. The molecule has 1 fully saturated rings. The minimum Gasteiger partial charge on any atom is -0.489 e. The van der Waals surface area contributed by atoms with Gasteiger partial charge in [-0.1, -0.05) is 0 Å². The van der Waals surface area contributed by atoms with Gasteiger partial charge in [-0.05, 0) is 45.0 Å². The van der Waals surface area contributed by atoms with Crippen LogP contribution in [-0.2, 0) is 14.8 Å². The van der Waals surface area contributed by atoms with Gasteiger partial charge in [0, 0.05) is 33.2 Å². The van der Waals surface area contributed by atoms with Crippen molar-refractivity contribution in [3.8, 4) is 5.75 Å². The Hall–Kier alpha value is -1.91. The van der Waals surface area contributed by atoms with Crippen LogP contribution in [0.4, 0.5) is 4.39 Å². The zero-order valence-corrected chi connectivity index (χ0v) is 19.0. The van der Waals surface area contributed by atoms with E-state index in [4.69, 9.17) is 9.47 Å². The van der Waals surface area contributed by atoms with Gasteiger partial charge in [0.15, 0.2) is 5.96 Å². The summed E-state index contributed by atoms with van der Waals surface area (Å²) in [6, 6.07) is 5.90. The van der Waals surface area contributed by atoms with Gasteiger partial charge in [-0.25, -0.2) is 12.8 Å². The lowest BCUT2D eigenvalue weighted by atomic mass is 10.3. The van der Waals surface area contributed by atoms with Crippen molar-refractivity contribution in [2.75, 3.05) is 52.1 Å². The number of aliphatic imine (C=N–C) groups is 1. The van der Waals surface area contributed by atoms with Crippen molar-refractivity contribution >= 4 is 16.0 Å². The zero-order valence-electron chi connectivity index (χ0n) is 18.2. The highest BCUT2D eigenvalue weighted by molar-refractivity contribution is 7.89. The van der Waals surface area contributed by atoms with Crippen LogP contribution in [0.3, 0.4) is 0 Å². The minimum atomic E-state index is -3.32. The van der Waals surface area contributed by atoms with Gasteiger partial charge in [0.2, 0.25) is 10.0 Å². The summed E-state index contributed by atoms with van der Waals surface area (Å²) >= 11 is 0. The van der Waals surface area contributed by atoms with E-state index in [1.807, 2.05) is 25.7 Å². The Morgan fingerprint density at radius 2 is 1.80 bits per heavy atom. The summed E-state index contributed by atoms with van der Waals surface area (Å²) in [4.78, 5) is 6.33. The molecule has 8 nitrogen and oxygen atoms in total. The fourth-order valence-corrected chi connectivity index (χ4v) is 4.34. The van der Waals surface area contributed by atoms with Gasteiger partial charge < -0.3 is 19.7 Å². The maximum atomic E-state index is 13.0. The molecule has 1 aromatic rings. The SMILES string of the molecule is CN=C(NCC(C)Oc1ccc(F)cc1)N1CCN(S(=O)(=O)CCOC(C)C)CC1. The molecule has 170 valence electrons. The Labute approximate surface area is 179 Å². The highest BCUT2D eigenvalue weighted by atomic mass is 32.2. The van der Waals surface area contributed by atoms with Crippen LogP contribution in [0.1, 0.15) is 20.8 Å². The Kier molecular flexibility index (Phi) is 9.32. The average molecular weight is 445 g/mol. The lowest BCUT2D eigenvalue weighted by Crippen LogP contribution is -2.55. The summed E-state index contributed by atoms with van der Waals surface area (Å²) in [5.74, 6) is 0.990. The fraction of sp³-hybridized carbons (Fsp3) is 0.650. The molecule has 0 aliphatic carbocycles. The summed E-state index contributed by atoms with van der Waals surface area (Å²) in [6.07, 6.45) is -0.143. The largest absolute Gasteiger partial charge is 0.489 e. The minimum absolute atomic E-state index is 0.00358. The van der Waals surface area contributed by atoms with Gasteiger partial charge in [-0.2, -0.15) is 4.31 Å². The molecule has 2 rings (SSSR count). The lowest BCUT2D eigenvalue weighted by molar-refractivity contribution is 0.0904. The molecule has 0 amide bonds. The van der Waals surface area contributed by atoms with Crippen LogP contribution in [0.5, 0.6) is 5.75 Å². The standard InChI is InChI=1S/C20H33FN4O4S/c1-16(2)28-13-14-30(26,27)25-11-9-24(10-12-25)20(22-4)23-15-17(3)29-19-7-5-18(21)6-8-19/h5-8,16-17H,9-15H2,1-4H3,(H,22,23). The Bertz CT molecular complexity index is 779. The van der Waals surface area contributed by atoms with Crippen molar-refractivity contribution in [2.45, 2.75) is 33.0 Å². The van der Waals surface area contributed by atoms with Crippen molar-refractivity contribution < 1.29 is 22.3 Å². The number of nitrogens with one attached hydrogen (secondary N) is 1. The summed E-state index contributed by atoms with van der Waals surface area (Å²) in [7, 11) is -1.63. The molecule has 1 saturated heterocycles. The maximum absolute atomic E-state index is 13.0. The van der Waals surface area contributed by atoms with Crippen LogP contribution < -0.4 is 10.1 Å². The van der Waals surface area contributed by atoms with Crippen molar-refractivity contribution in [3.63, 3.8) is 0 Å². The van der Waals surface area contributed by atoms with Gasteiger partial charge >= 0.3 is 0 Å². The second-order valence-electron chi connectivity index (χ2n) is 7.43. The van der Waals surface area contributed by atoms with Crippen LogP contribution >= 0.6 is 0 Å². The fourth-order valence-electron chi connectivity index (χ4n) is 3.05. The second-order valence-corrected chi connectivity index (χ2v) is 9.52. The number of nitrogens with zero attached hydrogens (tertiary/aromatic N) is 3. The molecule has 1 unspecified atom stereocenters. The van der Waals surface area contributed by atoms with Crippen LogP contribution in [0.2, 0.25) is 0 Å². The summed E-state index contributed by atoms with van der Waals surface area (Å²) in [6.45, 7) is 8.32. The van der Waals surface area contributed by atoms with Gasteiger partial charge in [0.1, 0.15) is 17.7 Å². The number of piperazine rings is 1. The molecule has 1 aliphatic rings. The molecule has 1 aromatic carbocycles. The lowest BCUT2D eigenvalue weighted by Gasteiger charge is -2.36. The van der Waals surface area contributed by atoms with Gasteiger partial charge in [0.05, 0.1) is 25.0 Å². The van der Waals surface area contributed by atoms with Gasteiger partial charge in [0.25, 0.3) is 0 Å². The number of hydrogen-bond donors (Lipinski definition) is 1. The van der Waals surface area contributed by atoms with Gasteiger partial charge in [-0.3, -0.25) is 4.99 Å². The van der Waals surface area contributed by atoms with Gasteiger partial charge in [-0.15, -0.1) is 0 Å². The molecule has 0 saturated carbocycles. The molecule has 30 heavy (non-hydrogen) atoms. The van der Waals surface area contributed by atoms with Crippen LogP contribution in [0.25, 0.3) is 0 Å². The number of benzene rings is 1. The maximum Gasteiger partial charge on any atom is 0.216 e. The first-order valence-electron chi connectivity index (χ1n) is 10.2. The van der Waals surface area contributed by atoms with Crippen molar-refractivity contribution in [2.24, 2.45) is 4.99 Å². The summed E-state index contributed by atoms with van der Waals surface area (Å²) in [5.41, 5.74) is 0. The third-order valence-corrected chi connectivity index (χ3v) is 6.47. The quantitative estimate of drug-likeness (QED) is 0.460. The molecular weight excluding hydrogens is 411 g/mol. The molecular formula is C20H33FN4O4S. The number of sulfonamides is 1. The Balaban J connectivity index is 1.78. The van der Waals surface area contributed by atoms with E-state index in [2.05, 4.69) is 10.3 Å². The second kappa shape index (κ2) is 11.5. The van der Waals surface area contributed by atoms with E-state index in [9.17, 15) is 12.8 Å². The Morgan fingerprint density at radius 3 is 2.37 bits per heavy atom. The van der Waals surface area contributed by atoms with Crippen molar-refractivity contribution in [1.82, 2.24) is 14.5 Å². The van der Waals surface area contributed by atoms with E-state index >= 15 is 0 Å². The van der Waals surface area contributed by atoms with E-state index in [1.54, 1.807) is 19.2 Å². The number of rotatable bonds is 9. The average Bonchev–Trinajstić information content (AvgIpc) is 2.70. The summed E-state index contributed by atoms with van der Waals surface area (Å²) in [5, 5.41) is 3.26. The normalized spacial score (nSPS) is 17.3. The molecule has 10 heteroatoms. The smallest absolute Gasteiger partial charge is 0.216 e. The predicted molar refractivity (Wildman–Crippen MR) is 116 cm³/mol. The third kappa shape index (κ3) is 7.73. The third-order valence-electron chi connectivity index (χ3n) is 4.63. The van der Waals surface area contributed by atoms with E-state index in [0.717, 1.165) is 0 Å². The van der Waals surface area contributed by atoms with E-state index < -0.39 is 10.0 Å². The van der Waals surface area contributed by atoms with E-state index in [1.165, 1.54) is 16.4 Å². The first-order valence-corrected chi connectivity index (χ1v) is 11.8. The molecule has 0 bridgehead atoms. The Morgan fingerprint density at radius 1 is 1.17 bits per heavy atom. The van der Waals surface area contributed by atoms with Crippen LogP contribution in [0.15, 0.2) is 29.3 Å². The number of ether oxygens (including phenoxy) is 2. The zero-order chi connectivity index (χ0) is 22.1.